The van der Waals surface area contributed by atoms with Gasteiger partial charge >= 0.3 is 34.7 Å². The summed E-state index contributed by atoms with van der Waals surface area (Å²) in [7, 11) is 0. The predicted molar refractivity (Wildman–Crippen MR) is 319 cm³/mol. The van der Waals surface area contributed by atoms with Crippen LogP contribution in [0.4, 0.5) is 17.1 Å². The maximum atomic E-state index is 12.8. The monoisotopic (exact) mass is 1300 g/mol. The van der Waals surface area contributed by atoms with Gasteiger partial charge in [0, 0.05) is 71.5 Å². The molecule has 3 N–H and O–H groups in total. The first-order valence-electron chi connectivity index (χ1n) is 24.5. The number of rotatable bonds is 24. The van der Waals surface area contributed by atoms with Crippen molar-refractivity contribution in [1.29, 1.82) is 0 Å². The van der Waals surface area contributed by atoms with E-state index in [2.05, 4.69) is 30.9 Å². The van der Waals surface area contributed by atoms with Crippen molar-refractivity contribution in [2.24, 2.45) is 16.2 Å². The Labute approximate surface area is 535 Å². The Morgan fingerprint density at radius 1 is 0.349 bits per heavy atom. The number of hydrogen-bond donors (Lipinski definition) is 3. The largest absolute Gasteiger partial charge is 3.00 e. The molecule has 0 spiro atoms. The van der Waals surface area contributed by atoms with E-state index in [4.69, 9.17) is 0 Å². The van der Waals surface area contributed by atoms with E-state index in [0.717, 1.165) is 65.9 Å². The zero-order chi connectivity index (χ0) is 60.4. The number of fused-ring (bicyclic) bond motifs is 3. The number of carboxylic acid groups (broad SMARTS) is 6. The average molecular weight is 1300 g/mol. The van der Waals surface area contributed by atoms with Crippen LogP contribution >= 0.6 is 69.3 Å². The maximum absolute atomic E-state index is 12.8. The van der Waals surface area contributed by atoms with E-state index < -0.39 is 89.0 Å². The number of thiazole rings is 3. The molecule has 6 aromatic carbocycles. The van der Waals surface area contributed by atoms with Gasteiger partial charge in [0.15, 0.2) is 13.0 Å². The van der Waals surface area contributed by atoms with Crippen molar-refractivity contribution in [3.63, 3.8) is 0 Å². The summed E-state index contributed by atoms with van der Waals surface area (Å²) in [5.41, 5.74) is -3.66. The van der Waals surface area contributed by atoms with Crippen LogP contribution in [0, 0.1) is 16.2 Å². The molecule has 21 nitrogen and oxygen atoms in total. The molecule has 3 amide bonds. The number of aliphatic carboxylic acids is 6. The Morgan fingerprint density at radius 2 is 0.570 bits per heavy atom. The van der Waals surface area contributed by atoms with Crippen molar-refractivity contribution in [2.45, 2.75) is 32.3 Å². The summed E-state index contributed by atoms with van der Waals surface area (Å²) in [6.07, 6.45) is -3.02. The molecular formula is C57H42Al2N6O15S6. The van der Waals surface area contributed by atoms with Crippen LogP contribution in [-0.4, -0.2) is 120 Å². The standard InChI is InChI=1S/3C19H16N2O5S2.2Al/c3*22-15(23)10-19(17(25)26,16(24)20-12-6-2-1-3-7-12)11-27-18-21-13-8-4-5-9-14(13)28-18;;/h3*1-9H,10-11H2,(H,20,24)(H,22,23)(H,25,26);;/q;;;2*+3/p-6. The number of thioether (sulfide) groups is 3. The normalized spacial score (nSPS) is 12.7. The van der Waals surface area contributed by atoms with Crippen molar-refractivity contribution in [1.82, 2.24) is 15.0 Å². The second kappa shape index (κ2) is 32.2. The Balaban J connectivity index is 0.000000233. The molecule has 0 aliphatic carbocycles. The fourth-order valence-corrected chi connectivity index (χ4v) is 14.4. The summed E-state index contributed by atoms with van der Waals surface area (Å²) in [6.45, 7) is 0. The van der Waals surface area contributed by atoms with E-state index in [1.165, 1.54) is 34.0 Å². The molecular weight excluding hydrogens is 1260 g/mol. The molecule has 29 heteroatoms. The third-order valence-corrected chi connectivity index (χ3v) is 19.3. The third kappa shape index (κ3) is 18.2. The van der Waals surface area contributed by atoms with Gasteiger partial charge in [0.1, 0.15) is 16.2 Å². The van der Waals surface area contributed by atoms with Gasteiger partial charge in [-0.05, 0) is 72.8 Å². The van der Waals surface area contributed by atoms with Gasteiger partial charge in [0.05, 0.1) is 48.6 Å². The molecule has 3 unspecified atom stereocenters. The smallest absolute Gasteiger partial charge is 0.550 e. The molecule has 9 rings (SSSR count). The molecule has 432 valence electrons. The Bertz CT molecular complexity index is 3370. The van der Waals surface area contributed by atoms with Crippen molar-refractivity contribution in [3.05, 3.63) is 164 Å². The first kappa shape index (κ1) is 69.1. The number of aromatic nitrogens is 3. The average Bonchev–Trinajstić information content (AvgIpc) is 2.78. The fraction of sp³-hybridized carbons (Fsp3) is 0.158. The van der Waals surface area contributed by atoms with Gasteiger partial charge in [-0.15, -0.1) is 34.0 Å². The van der Waals surface area contributed by atoms with Crippen molar-refractivity contribution < 1.29 is 73.8 Å². The summed E-state index contributed by atoms with van der Waals surface area (Å²) in [6, 6.07) is 46.6. The van der Waals surface area contributed by atoms with E-state index in [1.807, 2.05) is 72.8 Å². The van der Waals surface area contributed by atoms with Crippen LogP contribution in [0.5, 0.6) is 0 Å². The number of carbonyl (C=O) groups is 9. The molecule has 9 aromatic rings. The SMILES string of the molecule is O=C([O-])CC(CSc1nc2ccccc2s1)(C(=O)[O-])C(=O)Nc1ccccc1.O=C([O-])CC(CSc1nc2ccccc2s1)(C(=O)[O-])C(=O)Nc1ccccc1.O=C([O-])CC(CSc1nc2ccccc2s1)(C(=O)[O-])C(=O)Nc1ccccc1.[Al+3].[Al+3]. The summed E-state index contributed by atoms with van der Waals surface area (Å²) < 4.78 is 4.28. The van der Waals surface area contributed by atoms with Crippen LogP contribution in [0.25, 0.3) is 30.6 Å². The van der Waals surface area contributed by atoms with E-state index >= 15 is 0 Å². The molecule has 0 fully saturated rings. The minimum atomic E-state index is -2.31. The van der Waals surface area contributed by atoms with Gasteiger partial charge < -0.3 is 75.4 Å². The number of carboxylic acids is 6. The predicted octanol–water partition coefficient (Wildman–Crippen LogP) is 1.95. The zero-order valence-corrected chi connectivity index (χ0v) is 51.6. The molecule has 3 atom stereocenters. The van der Waals surface area contributed by atoms with E-state index in [9.17, 15) is 73.8 Å². The summed E-state index contributed by atoms with van der Waals surface area (Å²) in [5, 5.41) is 76.7. The molecule has 3 aromatic heterocycles. The third-order valence-electron chi connectivity index (χ3n) is 12.1. The number of carbonyl (C=O) groups excluding carboxylic acids is 9. The van der Waals surface area contributed by atoms with Gasteiger partial charge in [-0.3, -0.25) is 14.4 Å². The van der Waals surface area contributed by atoms with Gasteiger partial charge in [-0.2, -0.15) is 0 Å². The van der Waals surface area contributed by atoms with Crippen molar-refractivity contribution in [2.75, 3.05) is 33.2 Å². The van der Waals surface area contributed by atoms with Crippen LogP contribution in [-0.2, 0) is 43.2 Å². The number of amides is 3. The first-order valence-corrected chi connectivity index (χ1v) is 29.9. The summed E-state index contributed by atoms with van der Waals surface area (Å²) in [5.74, 6) is -14.3. The minimum Gasteiger partial charge on any atom is -0.550 e. The fourth-order valence-electron chi connectivity index (χ4n) is 7.61. The Kier molecular flexibility index (Phi) is 25.9. The quantitative estimate of drug-likeness (QED) is 0.0442. The van der Waals surface area contributed by atoms with Gasteiger partial charge in [-0.1, -0.05) is 126 Å². The summed E-state index contributed by atoms with van der Waals surface area (Å²) >= 11 is 6.97. The second-order valence-corrected chi connectivity index (χ2v) is 24.7. The minimum absolute atomic E-state index is 0. The number of hydrogen-bond acceptors (Lipinski definition) is 24. The maximum Gasteiger partial charge on any atom is 3.00 e. The number of nitrogens with one attached hydrogen (secondary N) is 3. The van der Waals surface area contributed by atoms with Gasteiger partial charge in [0.25, 0.3) is 0 Å². The van der Waals surface area contributed by atoms with Crippen molar-refractivity contribution >= 4 is 205 Å². The van der Waals surface area contributed by atoms with Crippen LogP contribution in [0.1, 0.15) is 19.3 Å². The second-order valence-electron chi connectivity index (χ2n) is 17.9. The van der Waals surface area contributed by atoms with Crippen LogP contribution in [0.2, 0.25) is 0 Å². The topological polar surface area (TPSA) is 367 Å². The zero-order valence-electron chi connectivity index (χ0n) is 44.4. The molecule has 0 aliphatic heterocycles. The molecule has 0 saturated heterocycles. The van der Waals surface area contributed by atoms with Gasteiger partial charge in [0.2, 0.25) is 17.7 Å². The first-order chi connectivity index (χ1) is 40.2. The molecule has 86 heavy (non-hydrogen) atoms. The van der Waals surface area contributed by atoms with E-state index in [1.54, 1.807) is 91.0 Å². The van der Waals surface area contributed by atoms with Crippen LogP contribution in [0.15, 0.2) is 177 Å². The van der Waals surface area contributed by atoms with E-state index in [-0.39, 0.29) is 52.0 Å². The number of nitrogens with zero attached hydrogens (tertiary/aromatic N) is 3. The number of para-hydroxylation sites is 6. The molecule has 0 radical (unpaired) electrons. The van der Waals surface area contributed by atoms with E-state index in [0.29, 0.717) is 30.1 Å². The molecule has 0 aliphatic rings. The molecule has 0 saturated carbocycles. The molecule has 0 bridgehead atoms. The molecule has 3 heterocycles. The number of benzene rings is 6. The van der Waals surface area contributed by atoms with Gasteiger partial charge in [-0.25, -0.2) is 15.0 Å². The Hall–Kier alpha value is -7.67. The number of anilines is 3. The van der Waals surface area contributed by atoms with Crippen LogP contribution < -0.4 is 46.6 Å². The summed E-state index contributed by atoms with van der Waals surface area (Å²) in [4.78, 5) is 121. The Morgan fingerprint density at radius 3 is 0.779 bits per heavy atom. The van der Waals surface area contributed by atoms with Crippen LogP contribution in [0.3, 0.4) is 0 Å². The van der Waals surface area contributed by atoms with Crippen molar-refractivity contribution in [3.8, 4) is 0 Å².